The summed E-state index contributed by atoms with van der Waals surface area (Å²) in [4.78, 5) is 22.9. The number of hydrogen-bond acceptors (Lipinski definition) is 4. The van der Waals surface area contributed by atoms with Crippen LogP contribution in [0.1, 0.15) is 44.6 Å². The lowest BCUT2D eigenvalue weighted by Gasteiger charge is -2.54. The third-order valence-corrected chi connectivity index (χ3v) is 7.72. The van der Waals surface area contributed by atoms with Crippen molar-refractivity contribution in [2.24, 2.45) is 0 Å². The molecular weight excluding hydrogens is 378 g/mol. The second kappa shape index (κ2) is 8.05. The molecule has 0 aromatic heterocycles. The van der Waals surface area contributed by atoms with Gasteiger partial charge in [0, 0.05) is 31.6 Å². The first-order valence-corrected chi connectivity index (χ1v) is 11.0. The average Bonchev–Trinajstić information content (AvgIpc) is 2.65. The molecule has 0 bridgehead atoms. The number of carbonyl (C=O) groups excluding carboxylic acids is 2. The van der Waals surface area contributed by atoms with Crippen LogP contribution in [0.5, 0.6) is 0 Å². The van der Waals surface area contributed by atoms with E-state index in [4.69, 9.17) is 0 Å². The number of piperidine rings is 1. The molecule has 2 amide bonds. The second-order valence-corrected chi connectivity index (χ2v) is 9.47. The summed E-state index contributed by atoms with van der Waals surface area (Å²) >= 11 is 0. The van der Waals surface area contributed by atoms with Gasteiger partial charge in [0.05, 0.1) is 4.90 Å². The Morgan fingerprint density at radius 3 is 2.50 bits per heavy atom. The number of sulfonamides is 1. The minimum absolute atomic E-state index is 0.0303. The van der Waals surface area contributed by atoms with E-state index < -0.39 is 15.6 Å². The zero-order valence-electron chi connectivity index (χ0n) is 16.1. The number of carbonyl (C=O) groups is 2. The maximum absolute atomic E-state index is 13.3. The molecule has 28 heavy (non-hydrogen) atoms. The Morgan fingerprint density at radius 1 is 1.29 bits per heavy atom. The standard InChI is InChI=1S/C20H27N3O4S/c1-3-19(25)22-17-9-12-23(20(13-17)10-4-11-20)28(26,27)18-7-5-16(6-8-18)14-21-15(2)24/h3,5-8,17H,1,4,9-14H2,2H3,(H,21,24)(H,22,25). The maximum atomic E-state index is 13.3. The Morgan fingerprint density at radius 2 is 1.96 bits per heavy atom. The van der Waals surface area contributed by atoms with Crippen molar-refractivity contribution in [1.82, 2.24) is 14.9 Å². The quantitative estimate of drug-likeness (QED) is 0.704. The summed E-state index contributed by atoms with van der Waals surface area (Å²) in [6.07, 6.45) is 5.08. The first kappa shape index (κ1) is 20.5. The van der Waals surface area contributed by atoms with Crippen LogP contribution in [0.2, 0.25) is 0 Å². The minimum Gasteiger partial charge on any atom is -0.352 e. The molecule has 0 radical (unpaired) electrons. The fourth-order valence-electron chi connectivity index (χ4n) is 4.10. The van der Waals surface area contributed by atoms with Crippen LogP contribution < -0.4 is 10.6 Å². The molecule has 3 rings (SSSR count). The van der Waals surface area contributed by atoms with Crippen LogP contribution >= 0.6 is 0 Å². The van der Waals surface area contributed by atoms with Gasteiger partial charge >= 0.3 is 0 Å². The van der Waals surface area contributed by atoms with Crippen molar-refractivity contribution in [3.05, 3.63) is 42.5 Å². The molecule has 1 saturated heterocycles. The second-order valence-electron chi connectivity index (χ2n) is 7.61. The average molecular weight is 406 g/mol. The topological polar surface area (TPSA) is 95.6 Å². The van der Waals surface area contributed by atoms with E-state index in [2.05, 4.69) is 17.2 Å². The largest absolute Gasteiger partial charge is 0.352 e. The molecule has 2 fully saturated rings. The number of nitrogens with one attached hydrogen (secondary N) is 2. The van der Waals surface area contributed by atoms with E-state index in [0.29, 0.717) is 25.9 Å². The van der Waals surface area contributed by atoms with Gasteiger partial charge < -0.3 is 10.6 Å². The SMILES string of the molecule is C=CC(=O)NC1CCN(S(=O)(=O)c2ccc(CNC(C)=O)cc2)C2(CCC2)C1. The third kappa shape index (κ3) is 4.12. The van der Waals surface area contributed by atoms with Gasteiger partial charge in [-0.05, 0) is 55.9 Å². The molecule has 2 N–H and O–H groups in total. The van der Waals surface area contributed by atoms with Crippen molar-refractivity contribution in [3.8, 4) is 0 Å². The van der Waals surface area contributed by atoms with Crippen molar-refractivity contribution >= 4 is 21.8 Å². The summed E-state index contributed by atoms with van der Waals surface area (Å²) in [7, 11) is -3.62. The van der Waals surface area contributed by atoms with Gasteiger partial charge in [-0.15, -0.1) is 0 Å². The van der Waals surface area contributed by atoms with Crippen LogP contribution in [0, 0.1) is 0 Å². The van der Waals surface area contributed by atoms with Gasteiger partial charge in [0.1, 0.15) is 0 Å². The molecule has 1 saturated carbocycles. The van der Waals surface area contributed by atoms with Gasteiger partial charge in [-0.3, -0.25) is 9.59 Å². The Labute approximate surface area is 166 Å². The molecule has 1 unspecified atom stereocenters. The fraction of sp³-hybridized carbons (Fsp3) is 0.500. The Hall–Kier alpha value is -2.19. The maximum Gasteiger partial charge on any atom is 0.243 e. The van der Waals surface area contributed by atoms with Crippen molar-refractivity contribution in [1.29, 1.82) is 0 Å². The number of hydrogen-bond donors (Lipinski definition) is 2. The zero-order chi connectivity index (χ0) is 20.4. The van der Waals surface area contributed by atoms with E-state index in [0.717, 1.165) is 24.8 Å². The highest BCUT2D eigenvalue weighted by Crippen LogP contribution is 2.46. The van der Waals surface area contributed by atoms with Gasteiger partial charge in [0.25, 0.3) is 0 Å². The van der Waals surface area contributed by atoms with E-state index in [1.807, 2.05) is 0 Å². The summed E-state index contributed by atoms with van der Waals surface area (Å²) in [6, 6.07) is 6.63. The lowest BCUT2D eigenvalue weighted by atomic mass is 9.70. The number of amides is 2. The minimum atomic E-state index is -3.62. The molecule has 7 nitrogen and oxygen atoms in total. The highest BCUT2D eigenvalue weighted by Gasteiger charge is 2.51. The van der Waals surface area contributed by atoms with Crippen LogP contribution in [0.25, 0.3) is 0 Å². The Kier molecular flexibility index (Phi) is 5.90. The summed E-state index contributed by atoms with van der Waals surface area (Å²) in [5, 5.41) is 5.62. The van der Waals surface area contributed by atoms with Crippen molar-refractivity contribution < 1.29 is 18.0 Å². The summed E-state index contributed by atoms with van der Waals surface area (Å²) in [6.45, 7) is 5.68. The normalized spacial score (nSPS) is 21.5. The number of rotatable bonds is 6. The molecule has 2 aliphatic rings. The summed E-state index contributed by atoms with van der Waals surface area (Å²) in [5.41, 5.74) is 0.434. The van der Waals surface area contributed by atoms with Gasteiger partial charge in [-0.1, -0.05) is 18.7 Å². The molecule has 152 valence electrons. The monoisotopic (exact) mass is 405 g/mol. The smallest absolute Gasteiger partial charge is 0.243 e. The zero-order valence-corrected chi connectivity index (χ0v) is 16.9. The summed E-state index contributed by atoms with van der Waals surface area (Å²) < 4.78 is 28.3. The Bertz CT molecular complexity index is 860. The van der Waals surface area contributed by atoms with Gasteiger partial charge in [0.2, 0.25) is 21.8 Å². The predicted octanol–water partition coefficient (Wildman–Crippen LogP) is 1.70. The molecule has 1 aromatic rings. The van der Waals surface area contributed by atoms with Gasteiger partial charge in [-0.25, -0.2) is 8.42 Å². The van der Waals surface area contributed by atoms with E-state index >= 15 is 0 Å². The first-order chi connectivity index (χ1) is 13.3. The highest BCUT2D eigenvalue weighted by atomic mass is 32.2. The van der Waals surface area contributed by atoms with Crippen LogP contribution in [0.4, 0.5) is 0 Å². The van der Waals surface area contributed by atoms with Crippen molar-refractivity contribution in [2.45, 2.75) is 62.0 Å². The molecular formula is C20H27N3O4S. The van der Waals surface area contributed by atoms with E-state index in [-0.39, 0.29) is 22.8 Å². The van der Waals surface area contributed by atoms with E-state index in [1.165, 1.54) is 13.0 Å². The molecule has 1 atom stereocenters. The van der Waals surface area contributed by atoms with E-state index in [1.54, 1.807) is 28.6 Å². The third-order valence-electron chi connectivity index (χ3n) is 5.70. The first-order valence-electron chi connectivity index (χ1n) is 9.56. The summed E-state index contributed by atoms with van der Waals surface area (Å²) in [5.74, 6) is -0.347. The van der Waals surface area contributed by atoms with Crippen LogP contribution in [-0.2, 0) is 26.2 Å². The molecule has 8 heteroatoms. The number of nitrogens with zero attached hydrogens (tertiary/aromatic N) is 1. The van der Waals surface area contributed by atoms with Crippen molar-refractivity contribution in [3.63, 3.8) is 0 Å². The van der Waals surface area contributed by atoms with E-state index in [9.17, 15) is 18.0 Å². The van der Waals surface area contributed by atoms with Gasteiger partial charge in [0.15, 0.2) is 0 Å². The van der Waals surface area contributed by atoms with Gasteiger partial charge in [-0.2, -0.15) is 4.31 Å². The number of benzene rings is 1. The molecule has 1 aliphatic carbocycles. The van der Waals surface area contributed by atoms with Crippen LogP contribution in [0.15, 0.2) is 41.8 Å². The molecule has 1 heterocycles. The lowest BCUT2D eigenvalue weighted by Crippen LogP contribution is -2.63. The fourth-order valence-corrected chi connectivity index (χ4v) is 5.95. The molecule has 1 spiro atoms. The van der Waals surface area contributed by atoms with Crippen molar-refractivity contribution in [2.75, 3.05) is 6.54 Å². The lowest BCUT2D eigenvalue weighted by molar-refractivity contribution is -0.119. The van der Waals surface area contributed by atoms with Crippen LogP contribution in [0.3, 0.4) is 0 Å². The Balaban J connectivity index is 1.76. The molecule has 1 aliphatic heterocycles. The highest BCUT2D eigenvalue weighted by molar-refractivity contribution is 7.89. The predicted molar refractivity (Wildman–Crippen MR) is 106 cm³/mol. The molecule has 1 aromatic carbocycles. The van der Waals surface area contributed by atoms with Crippen LogP contribution in [-0.4, -0.2) is 42.7 Å².